The zero-order valence-electron chi connectivity index (χ0n) is 23.0. The van der Waals surface area contributed by atoms with Crippen LogP contribution < -0.4 is 38.8 Å². The van der Waals surface area contributed by atoms with Gasteiger partial charge in [0, 0.05) is 30.1 Å². The average molecular weight is 620 g/mol. The van der Waals surface area contributed by atoms with Gasteiger partial charge in [-0.25, -0.2) is 30.6 Å². The number of anilines is 3. The van der Waals surface area contributed by atoms with Crippen molar-refractivity contribution >= 4 is 57.8 Å². The van der Waals surface area contributed by atoms with E-state index >= 15 is 0 Å². The molecule has 0 fully saturated rings. The van der Waals surface area contributed by atoms with Crippen molar-refractivity contribution in [2.45, 2.75) is 25.4 Å². The van der Waals surface area contributed by atoms with Gasteiger partial charge in [0.05, 0.1) is 18.4 Å². The van der Waals surface area contributed by atoms with Crippen molar-refractivity contribution in [1.82, 2.24) is 45.2 Å². The van der Waals surface area contributed by atoms with Crippen LogP contribution in [0, 0.1) is 0 Å². The van der Waals surface area contributed by atoms with Gasteiger partial charge in [-0.15, -0.1) is 0 Å². The summed E-state index contributed by atoms with van der Waals surface area (Å²) in [7, 11) is 0. The van der Waals surface area contributed by atoms with Crippen molar-refractivity contribution in [3.8, 4) is 0 Å². The molecule has 0 aliphatic rings. The number of H-pyrrole nitrogens is 2. The van der Waals surface area contributed by atoms with Crippen molar-refractivity contribution in [3.05, 3.63) is 74.8 Å². The van der Waals surface area contributed by atoms with E-state index in [1.165, 1.54) is 30.7 Å². The third-order valence-corrected chi connectivity index (χ3v) is 5.84. The van der Waals surface area contributed by atoms with Crippen molar-refractivity contribution in [2.24, 2.45) is 5.84 Å². The number of aliphatic carboxylic acids is 2. The van der Waals surface area contributed by atoms with E-state index in [9.17, 15) is 24.0 Å². The van der Waals surface area contributed by atoms with Crippen molar-refractivity contribution in [1.29, 1.82) is 0 Å². The largest absolute Gasteiger partial charge is 0.481 e. The molecular formula is C25H25N13O7. The first-order valence-electron chi connectivity index (χ1n) is 12.8. The van der Waals surface area contributed by atoms with Crippen LogP contribution in [0.1, 0.15) is 28.9 Å². The van der Waals surface area contributed by atoms with Crippen molar-refractivity contribution < 1.29 is 24.6 Å². The SMILES string of the molecule is NNc1nc2nccnc2c(=O)[nH]1.Nc1nc2ncc(CNc3ccc(C(=O)NC(CCC(=O)O)C(=O)O)cc3)nc2c(=O)[nH]1. The monoisotopic (exact) mass is 619 g/mol. The maximum absolute atomic E-state index is 12.3. The summed E-state index contributed by atoms with van der Waals surface area (Å²) in [5.41, 5.74) is 8.79. The summed E-state index contributed by atoms with van der Waals surface area (Å²) in [6, 6.07) is 4.86. The zero-order valence-corrected chi connectivity index (χ0v) is 23.0. The lowest BCUT2D eigenvalue weighted by Gasteiger charge is -2.14. The Kier molecular flexibility index (Phi) is 9.80. The number of nitrogens with zero attached hydrogens (tertiary/aromatic N) is 6. The van der Waals surface area contributed by atoms with E-state index in [1.54, 1.807) is 12.1 Å². The number of benzene rings is 1. The molecule has 1 unspecified atom stereocenters. The number of carboxylic acid groups (broad SMARTS) is 2. The topological polar surface area (TPSA) is 323 Å². The molecule has 45 heavy (non-hydrogen) atoms. The number of nitrogens with two attached hydrogens (primary N) is 2. The quantitative estimate of drug-likeness (QED) is 0.0665. The summed E-state index contributed by atoms with van der Waals surface area (Å²) in [5.74, 6) is 2.09. The minimum atomic E-state index is -1.31. The fourth-order valence-corrected chi connectivity index (χ4v) is 3.70. The average Bonchev–Trinajstić information content (AvgIpc) is 3.02. The van der Waals surface area contributed by atoms with E-state index < -0.39 is 29.4 Å². The van der Waals surface area contributed by atoms with E-state index in [4.69, 9.17) is 21.8 Å². The Morgan fingerprint density at radius 3 is 2.27 bits per heavy atom. The first kappa shape index (κ1) is 31.4. The number of rotatable bonds is 10. The minimum Gasteiger partial charge on any atom is -0.481 e. The van der Waals surface area contributed by atoms with Crippen LogP contribution in [0.3, 0.4) is 0 Å². The Hall–Kier alpha value is -6.57. The number of hydrogen-bond donors (Lipinski definition) is 9. The number of amides is 1. The molecule has 0 aliphatic carbocycles. The fourth-order valence-electron chi connectivity index (χ4n) is 3.70. The van der Waals surface area contributed by atoms with E-state index in [1.807, 2.05) is 0 Å². The predicted molar refractivity (Wildman–Crippen MR) is 158 cm³/mol. The molecule has 5 rings (SSSR count). The Morgan fingerprint density at radius 2 is 1.58 bits per heavy atom. The molecule has 5 aromatic rings. The molecule has 232 valence electrons. The van der Waals surface area contributed by atoms with Crippen LogP contribution >= 0.6 is 0 Å². The van der Waals surface area contributed by atoms with Gasteiger partial charge in [-0.05, 0) is 30.7 Å². The smallest absolute Gasteiger partial charge is 0.326 e. The summed E-state index contributed by atoms with van der Waals surface area (Å²) in [4.78, 5) is 85.8. The molecule has 0 spiro atoms. The summed E-state index contributed by atoms with van der Waals surface area (Å²) < 4.78 is 0. The molecule has 4 heterocycles. The highest BCUT2D eigenvalue weighted by Gasteiger charge is 2.21. The number of nitrogens with one attached hydrogen (secondary N) is 5. The number of nitrogen functional groups attached to an aromatic ring is 2. The molecule has 1 atom stereocenters. The summed E-state index contributed by atoms with van der Waals surface area (Å²) in [6.07, 6.45) is 3.72. The highest BCUT2D eigenvalue weighted by atomic mass is 16.4. The maximum atomic E-state index is 12.3. The first-order chi connectivity index (χ1) is 21.5. The Morgan fingerprint density at radius 1 is 0.889 bits per heavy atom. The predicted octanol–water partition coefficient (Wildman–Crippen LogP) is -1.05. The van der Waals surface area contributed by atoms with E-state index in [0.29, 0.717) is 11.4 Å². The van der Waals surface area contributed by atoms with E-state index in [0.717, 1.165) is 0 Å². The number of aromatic nitrogens is 8. The molecular weight excluding hydrogens is 594 g/mol. The van der Waals surface area contributed by atoms with Gasteiger partial charge in [0.15, 0.2) is 22.3 Å². The molecule has 0 bridgehead atoms. The van der Waals surface area contributed by atoms with E-state index in [2.05, 4.69) is 55.9 Å². The molecule has 20 heteroatoms. The Balaban J connectivity index is 0.000000293. The number of carbonyl (C=O) groups excluding carboxylic acids is 1. The number of carbonyl (C=O) groups is 3. The third kappa shape index (κ3) is 8.26. The number of aromatic amines is 2. The molecule has 0 radical (unpaired) electrons. The van der Waals surface area contributed by atoms with Gasteiger partial charge in [-0.1, -0.05) is 0 Å². The standard InChI is InChI=1S/C19H19N7O6.C6H6N6O/c20-19-25-15-14(17(30)26-19)23-11(8-22-15)7-21-10-3-1-9(2-4-10)16(29)24-12(18(31)32)5-6-13(27)28;7-12-6-10-4-3(5(13)11-6)8-1-2-9-4/h1-4,8,12,21H,5-7H2,(H,24,29)(H,27,28)(H,31,32)(H3,20,22,25,26,30);1-2H,7H2,(H2,9,10,11,12,13). The lowest BCUT2D eigenvalue weighted by molar-refractivity contribution is -0.140. The van der Waals surface area contributed by atoms with Gasteiger partial charge in [0.2, 0.25) is 11.9 Å². The summed E-state index contributed by atoms with van der Waals surface area (Å²) >= 11 is 0. The van der Waals surface area contributed by atoms with Gasteiger partial charge < -0.3 is 26.6 Å². The van der Waals surface area contributed by atoms with Crippen LogP contribution in [0.5, 0.6) is 0 Å². The Labute approximate surface area is 250 Å². The molecule has 4 aromatic heterocycles. The van der Waals surface area contributed by atoms with Gasteiger partial charge in [-0.2, -0.15) is 9.97 Å². The lowest BCUT2D eigenvalue weighted by atomic mass is 10.1. The van der Waals surface area contributed by atoms with Gasteiger partial charge in [0.1, 0.15) is 6.04 Å². The van der Waals surface area contributed by atoms with Crippen LogP contribution in [0.25, 0.3) is 22.3 Å². The Bertz CT molecular complexity index is 1980. The van der Waals surface area contributed by atoms with Crippen LogP contribution in [-0.4, -0.2) is 74.0 Å². The molecule has 0 saturated carbocycles. The summed E-state index contributed by atoms with van der Waals surface area (Å²) in [6.45, 7) is 0.231. The van der Waals surface area contributed by atoms with Crippen molar-refractivity contribution in [3.63, 3.8) is 0 Å². The van der Waals surface area contributed by atoms with Gasteiger partial charge in [-0.3, -0.25) is 34.6 Å². The zero-order chi connectivity index (χ0) is 32.5. The number of fused-ring (bicyclic) bond motifs is 2. The third-order valence-electron chi connectivity index (χ3n) is 5.84. The normalized spacial score (nSPS) is 11.2. The molecule has 1 amide bonds. The van der Waals surface area contributed by atoms with Crippen LogP contribution in [-0.2, 0) is 16.1 Å². The maximum Gasteiger partial charge on any atom is 0.326 e. The van der Waals surface area contributed by atoms with Crippen LogP contribution in [0.15, 0.2) is 52.4 Å². The lowest BCUT2D eigenvalue weighted by Crippen LogP contribution is -2.41. The fraction of sp³-hybridized carbons (Fsp3) is 0.160. The van der Waals surface area contributed by atoms with Gasteiger partial charge in [0.25, 0.3) is 17.0 Å². The van der Waals surface area contributed by atoms with E-state index in [-0.39, 0.29) is 64.7 Å². The molecule has 11 N–H and O–H groups in total. The second-order valence-corrected chi connectivity index (χ2v) is 9.00. The second-order valence-electron chi connectivity index (χ2n) is 9.00. The number of hydrazine groups is 1. The minimum absolute atomic E-state index is 0.0524. The second kappa shape index (κ2) is 14.1. The van der Waals surface area contributed by atoms with Gasteiger partial charge >= 0.3 is 11.9 Å². The van der Waals surface area contributed by atoms with Crippen LogP contribution in [0.2, 0.25) is 0 Å². The highest BCUT2D eigenvalue weighted by molar-refractivity contribution is 5.97. The number of carboxylic acids is 2. The highest BCUT2D eigenvalue weighted by Crippen LogP contribution is 2.12. The van der Waals surface area contributed by atoms with Crippen LogP contribution in [0.4, 0.5) is 17.6 Å². The summed E-state index contributed by atoms with van der Waals surface area (Å²) in [5, 5.41) is 23.2. The molecule has 20 nitrogen and oxygen atoms in total. The van der Waals surface area contributed by atoms with Crippen molar-refractivity contribution in [2.75, 3.05) is 16.5 Å². The first-order valence-corrected chi connectivity index (χ1v) is 12.8. The molecule has 0 saturated heterocycles. The molecule has 1 aromatic carbocycles. The molecule has 0 aliphatic heterocycles. The number of hydrogen-bond acceptors (Lipinski definition) is 15.